The quantitative estimate of drug-likeness (QED) is 0.469. The van der Waals surface area contributed by atoms with Crippen LogP contribution in [0.5, 0.6) is 0 Å². The van der Waals surface area contributed by atoms with Crippen LogP contribution in [0, 0.1) is 16.0 Å². The van der Waals surface area contributed by atoms with E-state index in [-0.39, 0.29) is 16.0 Å². The predicted molar refractivity (Wildman–Crippen MR) is 64.2 cm³/mol. The molecule has 2 rings (SSSR count). The van der Waals surface area contributed by atoms with Crippen LogP contribution in [-0.4, -0.2) is 10.3 Å². The summed E-state index contributed by atoms with van der Waals surface area (Å²) in [6, 6.07) is 4.61. The van der Waals surface area contributed by atoms with Gasteiger partial charge in [0.2, 0.25) is 0 Å². The van der Waals surface area contributed by atoms with Gasteiger partial charge in [0.1, 0.15) is 0 Å². The Hall–Kier alpha value is -0.800. The first-order valence-electron chi connectivity index (χ1n) is 5.15. The summed E-state index contributed by atoms with van der Waals surface area (Å²) in [6.45, 7) is 0. The van der Waals surface area contributed by atoms with E-state index in [4.69, 9.17) is 23.2 Å². The minimum absolute atomic E-state index is 0.0165. The SMILES string of the molecule is O=[N+]([O-])c1ccc(Cl)cc1CC(Cl)C1CC1. The van der Waals surface area contributed by atoms with Gasteiger partial charge in [-0.25, -0.2) is 0 Å². The molecule has 1 unspecified atom stereocenters. The van der Waals surface area contributed by atoms with Gasteiger partial charge >= 0.3 is 0 Å². The molecule has 0 radical (unpaired) electrons. The molecule has 3 nitrogen and oxygen atoms in total. The molecule has 1 aromatic rings. The van der Waals surface area contributed by atoms with Crippen LogP contribution in [0.1, 0.15) is 18.4 Å². The van der Waals surface area contributed by atoms with E-state index in [0.717, 1.165) is 12.8 Å². The highest BCUT2D eigenvalue weighted by atomic mass is 35.5. The highest BCUT2D eigenvalue weighted by molar-refractivity contribution is 6.30. The molecule has 0 aromatic heterocycles. The number of hydrogen-bond donors (Lipinski definition) is 0. The Labute approximate surface area is 104 Å². The van der Waals surface area contributed by atoms with Crippen LogP contribution in [0.2, 0.25) is 5.02 Å². The fourth-order valence-corrected chi connectivity index (χ4v) is 2.34. The predicted octanol–water partition coefficient (Wildman–Crippen LogP) is 3.81. The molecular weight excluding hydrogens is 249 g/mol. The lowest BCUT2D eigenvalue weighted by Gasteiger charge is -2.08. The molecule has 1 aromatic carbocycles. The molecule has 0 aliphatic heterocycles. The third-order valence-corrected chi connectivity index (χ3v) is 3.53. The summed E-state index contributed by atoms with van der Waals surface area (Å²) in [5.74, 6) is 0.514. The van der Waals surface area contributed by atoms with E-state index in [1.54, 1.807) is 6.07 Å². The van der Waals surface area contributed by atoms with Crippen molar-refractivity contribution in [3.8, 4) is 0 Å². The van der Waals surface area contributed by atoms with Crippen molar-refractivity contribution < 1.29 is 4.92 Å². The van der Waals surface area contributed by atoms with Crippen LogP contribution in [0.25, 0.3) is 0 Å². The van der Waals surface area contributed by atoms with E-state index >= 15 is 0 Å². The Balaban J connectivity index is 2.22. The molecule has 86 valence electrons. The number of nitro groups is 1. The van der Waals surface area contributed by atoms with Crippen molar-refractivity contribution in [1.29, 1.82) is 0 Å². The molecule has 0 saturated heterocycles. The minimum atomic E-state index is -0.387. The van der Waals surface area contributed by atoms with Gasteiger partial charge in [0.15, 0.2) is 0 Å². The summed E-state index contributed by atoms with van der Waals surface area (Å²) < 4.78 is 0. The van der Waals surface area contributed by atoms with Crippen LogP contribution in [0.3, 0.4) is 0 Å². The average Bonchev–Trinajstić information content (AvgIpc) is 2.99. The Kier molecular flexibility index (Phi) is 3.36. The lowest BCUT2D eigenvalue weighted by molar-refractivity contribution is -0.385. The summed E-state index contributed by atoms with van der Waals surface area (Å²) in [7, 11) is 0. The van der Waals surface area contributed by atoms with Crippen LogP contribution < -0.4 is 0 Å². The van der Waals surface area contributed by atoms with Crippen molar-refractivity contribution >= 4 is 28.9 Å². The molecule has 5 heteroatoms. The number of nitrogens with zero attached hydrogens (tertiary/aromatic N) is 1. The van der Waals surface area contributed by atoms with Crippen molar-refractivity contribution in [2.24, 2.45) is 5.92 Å². The maximum absolute atomic E-state index is 10.8. The van der Waals surface area contributed by atoms with Gasteiger partial charge < -0.3 is 0 Å². The molecule has 1 fully saturated rings. The van der Waals surface area contributed by atoms with Gasteiger partial charge in [-0.3, -0.25) is 10.1 Å². The highest BCUT2D eigenvalue weighted by Crippen LogP contribution is 2.38. The zero-order chi connectivity index (χ0) is 11.7. The monoisotopic (exact) mass is 259 g/mol. The second kappa shape index (κ2) is 4.60. The first kappa shape index (κ1) is 11.7. The van der Waals surface area contributed by atoms with Gasteiger partial charge in [0, 0.05) is 22.0 Å². The second-order valence-electron chi connectivity index (χ2n) is 4.09. The smallest absolute Gasteiger partial charge is 0.258 e. The topological polar surface area (TPSA) is 43.1 Å². The van der Waals surface area contributed by atoms with Crippen molar-refractivity contribution in [2.75, 3.05) is 0 Å². The molecule has 0 heterocycles. The van der Waals surface area contributed by atoms with Crippen LogP contribution in [0.15, 0.2) is 18.2 Å². The number of rotatable bonds is 4. The molecule has 0 N–H and O–H groups in total. The van der Waals surface area contributed by atoms with E-state index < -0.39 is 0 Å². The number of nitro benzene ring substituents is 1. The number of halogens is 2. The molecular formula is C11H11Cl2NO2. The number of benzene rings is 1. The fourth-order valence-electron chi connectivity index (χ4n) is 1.73. The van der Waals surface area contributed by atoms with Crippen LogP contribution >= 0.6 is 23.2 Å². The molecule has 1 saturated carbocycles. The standard InChI is InChI=1S/C11H11Cl2NO2/c12-9-3-4-11(14(15)16)8(5-9)6-10(13)7-1-2-7/h3-5,7,10H,1-2,6H2. The second-order valence-corrected chi connectivity index (χ2v) is 5.08. The van der Waals surface area contributed by atoms with E-state index in [9.17, 15) is 10.1 Å². The molecule has 1 aliphatic rings. The third-order valence-electron chi connectivity index (χ3n) is 2.79. The molecule has 0 bridgehead atoms. The molecule has 0 spiro atoms. The van der Waals surface area contributed by atoms with Crippen molar-refractivity contribution in [1.82, 2.24) is 0 Å². The lowest BCUT2D eigenvalue weighted by atomic mass is 10.1. The lowest BCUT2D eigenvalue weighted by Crippen LogP contribution is -2.07. The van der Waals surface area contributed by atoms with Gasteiger partial charge in [-0.05, 0) is 37.3 Å². The molecule has 1 aliphatic carbocycles. The van der Waals surface area contributed by atoms with Crippen LogP contribution in [-0.2, 0) is 6.42 Å². The van der Waals surface area contributed by atoms with Crippen molar-refractivity contribution in [2.45, 2.75) is 24.6 Å². The molecule has 0 amide bonds. The summed E-state index contributed by atoms with van der Waals surface area (Å²) in [5, 5.41) is 11.3. The van der Waals surface area contributed by atoms with E-state index in [0.29, 0.717) is 22.9 Å². The largest absolute Gasteiger partial charge is 0.272 e. The van der Waals surface area contributed by atoms with Crippen LogP contribution in [0.4, 0.5) is 5.69 Å². The third kappa shape index (κ3) is 2.66. The van der Waals surface area contributed by atoms with Gasteiger partial charge in [0.25, 0.3) is 5.69 Å². The van der Waals surface area contributed by atoms with Gasteiger partial charge in [0.05, 0.1) is 4.92 Å². The van der Waals surface area contributed by atoms with E-state index in [1.165, 1.54) is 12.1 Å². The summed E-state index contributed by atoms with van der Waals surface area (Å²) in [6.07, 6.45) is 2.77. The van der Waals surface area contributed by atoms with E-state index in [2.05, 4.69) is 0 Å². The maximum Gasteiger partial charge on any atom is 0.272 e. The Morgan fingerprint density at radius 1 is 1.50 bits per heavy atom. The number of hydrogen-bond acceptors (Lipinski definition) is 2. The summed E-state index contributed by atoms with van der Waals surface area (Å²) in [5.41, 5.74) is 0.736. The zero-order valence-electron chi connectivity index (χ0n) is 8.53. The average molecular weight is 260 g/mol. The van der Waals surface area contributed by atoms with Gasteiger partial charge in [-0.2, -0.15) is 0 Å². The Morgan fingerprint density at radius 3 is 2.75 bits per heavy atom. The summed E-state index contributed by atoms with van der Waals surface area (Å²) >= 11 is 12.0. The Bertz CT molecular complexity index is 418. The Morgan fingerprint density at radius 2 is 2.19 bits per heavy atom. The number of alkyl halides is 1. The molecule has 1 atom stereocenters. The summed E-state index contributed by atoms with van der Waals surface area (Å²) in [4.78, 5) is 10.4. The maximum atomic E-state index is 10.8. The fraction of sp³-hybridized carbons (Fsp3) is 0.455. The molecule has 16 heavy (non-hydrogen) atoms. The van der Waals surface area contributed by atoms with Gasteiger partial charge in [-0.15, -0.1) is 11.6 Å². The first-order valence-corrected chi connectivity index (χ1v) is 5.96. The van der Waals surface area contributed by atoms with Gasteiger partial charge in [-0.1, -0.05) is 11.6 Å². The first-order chi connectivity index (χ1) is 7.58. The van der Waals surface area contributed by atoms with E-state index in [1.807, 2.05) is 0 Å². The highest BCUT2D eigenvalue weighted by Gasteiger charge is 2.31. The van der Waals surface area contributed by atoms with Crippen molar-refractivity contribution in [3.05, 3.63) is 38.9 Å². The van der Waals surface area contributed by atoms with Crippen molar-refractivity contribution in [3.63, 3.8) is 0 Å². The minimum Gasteiger partial charge on any atom is -0.258 e. The zero-order valence-corrected chi connectivity index (χ0v) is 10.0. The normalized spacial score (nSPS) is 17.1.